The number of H-pyrrole nitrogens is 1. The van der Waals surface area contributed by atoms with Gasteiger partial charge in [-0.3, -0.25) is 9.69 Å². The average molecular weight is 363 g/mol. The maximum Gasteiger partial charge on any atom is 0.259 e. The van der Waals surface area contributed by atoms with E-state index in [4.69, 9.17) is 4.74 Å². The molecule has 3 rings (SSSR count). The molecule has 2 aromatic heterocycles. The third kappa shape index (κ3) is 4.17. The van der Waals surface area contributed by atoms with Gasteiger partial charge in [0.2, 0.25) is 0 Å². The van der Waals surface area contributed by atoms with Crippen LogP contribution in [0.4, 0.5) is 0 Å². The lowest BCUT2D eigenvalue weighted by Gasteiger charge is -2.22. The molecule has 0 saturated carbocycles. The van der Waals surface area contributed by atoms with Gasteiger partial charge < -0.3 is 14.8 Å². The first-order valence-electron chi connectivity index (χ1n) is 8.74. The van der Waals surface area contributed by atoms with Crippen LogP contribution in [-0.4, -0.2) is 52.4 Å². The molecule has 0 aliphatic heterocycles. The topological polar surface area (TPSA) is 78.5 Å². The molecule has 1 aliphatic carbocycles. The number of aryl methyl sites for hydroxylation is 2. The fraction of sp³-hybridized carbons (Fsp3) is 0.556. The monoisotopic (exact) mass is 363 g/mol. The molecular formula is C18H25N3O3S. The molecule has 0 bridgehead atoms. The number of aliphatic hydroxyl groups excluding tert-OH is 1. The summed E-state index contributed by atoms with van der Waals surface area (Å²) in [6, 6.07) is 0. The first-order chi connectivity index (χ1) is 12.1. The molecule has 1 atom stereocenters. The van der Waals surface area contributed by atoms with Gasteiger partial charge in [0, 0.05) is 11.4 Å². The molecule has 0 spiro atoms. The van der Waals surface area contributed by atoms with Crippen molar-refractivity contribution in [1.82, 2.24) is 14.9 Å². The zero-order chi connectivity index (χ0) is 17.8. The highest BCUT2D eigenvalue weighted by atomic mass is 32.1. The Kier molecular flexibility index (Phi) is 6.01. The Hall–Kier alpha value is -1.54. The summed E-state index contributed by atoms with van der Waals surface area (Å²) in [5.74, 6) is 0.651. The normalized spacial score (nSPS) is 15.0. The molecule has 7 heteroatoms. The standard InChI is InChI=1S/C18H25N3O3S/c1-3-8-24-11-12(22)9-21(4-2)10-15-19-17(23)16-13-6-5-7-14(13)25-18(16)20-15/h3,12,22H,1,4-11H2,2H3,(H,19,20,23). The number of likely N-dealkylation sites (N-methyl/N-ethyl adjacent to an activating group) is 1. The number of nitrogens with zero attached hydrogens (tertiary/aromatic N) is 2. The number of hydrogen-bond donors (Lipinski definition) is 2. The van der Waals surface area contributed by atoms with Gasteiger partial charge in [-0.2, -0.15) is 0 Å². The molecule has 1 aliphatic rings. The van der Waals surface area contributed by atoms with Crippen molar-refractivity contribution in [1.29, 1.82) is 0 Å². The lowest BCUT2D eigenvalue weighted by atomic mass is 10.2. The number of aromatic amines is 1. The van der Waals surface area contributed by atoms with E-state index in [1.165, 1.54) is 10.4 Å². The van der Waals surface area contributed by atoms with Crippen molar-refractivity contribution in [3.8, 4) is 0 Å². The Labute approximate surface area is 151 Å². The van der Waals surface area contributed by atoms with Gasteiger partial charge in [-0.15, -0.1) is 17.9 Å². The lowest BCUT2D eigenvalue weighted by Crippen LogP contribution is -2.35. The lowest BCUT2D eigenvalue weighted by molar-refractivity contribution is 0.0252. The number of thiophene rings is 1. The van der Waals surface area contributed by atoms with E-state index in [1.54, 1.807) is 17.4 Å². The minimum absolute atomic E-state index is 0.0367. The number of ether oxygens (including phenoxy) is 1. The van der Waals surface area contributed by atoms with Crippen LogP contribution in [0.1, 0.15) is 29.6 Å². The molecule has 25 heavy (non-hydrogen) atoms. The van der Waals surface area contributed by atoms with E-state index in [9.17, 15) is 9.90 Å². The SMILES string of the molecule is C=CCOCC(O)CN(CC)Cc1nc2sc3c(c2c(=O)[nH]1)CCC3. The van der Waals surface area contributed by atoms with Crippen molar-refractivity contribution in [2.75, 3.05) is 26.3 Å². The van der Waals surface area contributed by atoms with Gasteiger partial charge in [0.1, 0.15) is 10.7 Å². The zero-order valence-corrected chi connectivity index (χ0v) is 15.4. The molecule has 2 heterocycles. The van der Waals surface area contributed by atoms with E-state index in [0.29, 0.717) is 25.5 Å². The summed E-state index contributed by atoms with van der Waals surface area (Å²) in [6.45, 7) is 8.02. The largest absolute Gasteiger partial charge is 0.389 e. The van der Waals surface area contributed by atoms with Crippen LogP contribution in [0.15, 0.2) is 17.4 Å². The van der Waals surface area contributed by atoms with Crippen LogP contribution < -0.4 is 5.56 Å². The Morgan fingerprint density at radius 2 is 2.36 bits per heavy atom. The number of rotatable bonds is 9. The quantitative estimate of drug-likeness (QED) is 0.525. The van der Waals surface area contributed by atoms with Gasteiger partial charge in [0.25, 0.3) is 5.56 Å². The summed E-state index contributed by atoms with van der Waals surface area (Å²) in [4.78, 5) is 24.3. The predicted octanol–water partition coefficient (Wildman–Crippen LogP) is 1.86. The molecule has 2 aromatic rings. The number of hydrogen-bond acceptors (Lipinski definition) is 6. The maximum absolute atomic E-state index is 12.5. The molecule has 0 radical (unpaired) electrons. The number of aliphatic hydroxyl groups is 1. The molecule has 0 fully saturated rings. The number of nitrogens with one attached hydrogen (secondary N) is 1. The van der Waals surface area contributed by atoms with Crippen LogP contribution in [0.3, 0.4) is 0 Å². The highest BCUT2D eigenvalue weighted by Crippen LogP contribution is 2.34. The molecule has 2 N–H and O–H groups in total. The Bertz CT molecular complexity index is 799. The summed E-state index contributed by atoms with van der Waals surface area (Å²) in [7, 11) is 0. The maximum atomic E-state index is 12.5. The smallest absolute Gasteiger partial charge is 0.259 e. The highest BCUT2D eigenvalue weighted by Gasteiger charge is 2.21. The van der Waals surface area contributed by atoms with Crippen molar-refractivity contribution in [3.63, 3.8) is 0 Å². The van der Waals surface area contributed by atoms with E-state index in [-0.39, 0.29) is 12.2 Å². The highest BCUT2D eigenvalue weighted by molar-refractivity contribution is 7.18. The number of aromatic nitrogens is 2. The summed E-state index contributed by atoms with van der Waals surface area (Å²) in [6.07, 6.45) is 4.25. The zero-order valence-electron chi connectivity index (χ0n) is 14.6. The third-order valence-corrected chi connectivity index (χ3v) is 5.65. The minimum Gasteiger partial charge on any atom is -0.389 e. The molecule has 0 amide bonds. The molecule has 1 unspecified atom stereocenters. The van der Waals surface area contributed by atoms with Crippen molar-refractivity contribution in [3.05, 3.63) is 39.3 Å². The van der Waals surface area contributed by atoms with Crippen molar-refractivity contribution in [2.24, 2.45) is 0 Å². The van der Waals surface area contributed by atoms with Crippen LogP contribution in [0.25, 0.3) is 10.2 Å². The second-order valence-corrected chi connectivity index (χ2v) is 7.44. The van der Waals surface area contributed by atoms with Gasteiger partial charge in [-0.05, 0) is 31.4 Å². The molecule has 6 nitrogen and oxygen atoms in total. The van der Waals surface area contributed by atoms with Gasteiger partial charge in [-0.1, -0.05) is 13.0 Å². The Morgan fingerprint density at radius 1 is 1.52 bits per heavy atom. The van der Waals surface area contributed by atoms with Crippen molar-refractivity contribution < 1.29 is 9.84 Å². The summed E-state index contributed by atoms with van der Waals surface area (Å²) < 4.78 is 5.29. The van der Waals surface area contributed by atoms with Gasteiger partial charge in [0.15, 0.2) is 0 Å². The summed E-state index contributed by atoms with van der Waals surface area (Å²) >= 11 is 1.65. The average Bonchev–Trinajstić information content (AvgIpc) is 3.14. The van der Waals surface area contributed by atoms with E-state index >= 15 is 0 Å². The number of fused-ring (bicyclic) bond motifs is 3. The fourth-order valence-corrected chi connectivity index (χ4v) is 4.56. The van der Waals surface area contributed by atoms with Crippen LogP contribution in [0, 0.1) is 0 Å². The van der Waals surface area contributed by atoms with Crippen LogP contribution >= 0.6 is 11.3 Å². The van der Waals surface area contributed by atoms with Gasteiger partial charge in [-0.25, -0.2) is 4.98 Å². The van der Waals surface area contributed by atoms with E-state index in [2.05, 4.69) is 16.5 Å². The van der Waals surface area contributed by atoms with Crippen molar-refractivity contribution >= 4 is 21.6 Å². The van der Waals surface area contributed by atoms with Crippen LogP contribution in [-0.2, 0) is 24.1 Å². The Balaban J connectivity index is 1.70. The molecular weight excluding hydrogens is 338 g/mol. The first-order valence-corrected chi connectivity index (χ1v) is 9.56. The van der Waals surface area contributed by atoms with Gasteiger partial charge in [0.05, 0.1) is 31.2 Å². The Morgan fingerprint density at radius 3 is 3.12 bits per heavy atom. The third-order valence-electron chi connectivity index (χ3n) is 4.46. The minimum atomic E-state index is -0.583. The molecule has 0 aromatic carbocycles. The second-order valence-electron chi connectivity index (χ2n) is 6.36. The fourth-order valence-electron chi connectivity index (χ4n) is 3.28. The first kappa shape index (κ1) is 18.3. The van der Waals surface area contributed by atoms with Crippen molar-refractivity contribution in [2.45, 2.75) is 38.8 Å². The van der Waals surface area contributed by atoms with Gasteiger partial charge >= 0.3 is 0 Å². The van der Waals surface area contributed by atoms with E-state index in [1.807, 2.05) is 11.8 Å². The second kappa shape index (κ2) is 8.23. The predicted molar refractivity (Wildman–Crippen MR) is 100 cm³/mol. The van der Waals surface area contributed by atoms with E-state index < -0.39 is 6.10 Å². The summed E-state index contributed by atoms with van der Waals surface area (Å²) in [5.41, 5.74) is 1.16. The van der Waals surface area contributed by atoms with Crippen LogP contribution in [0.2, 0.25) is 0 Å². The van der Waals surface area contributed by atoms with E-state index in [0.717, 1.165) is 36.0 Å². The molecule has 0 saturated heterocycles. The summed E-state index contributed by atoms with van der Waals surface area (Å²) in [5, 5.41) is 10.8. The van der Waals surface area contributed by atoms with Crippen LogP contribution in [0.5, 0.6) is 0 Å². The molecule has 136 valence electrons.